The summed E-state index contributed by atoms with van der Waals surface area (Å²) in [7, 11) is -2.63. The first-order valence-electron chi connectivity index (χ1n) is 12.9. The van der Waals surface area contributed by atoms with Crippen molar-refractivity contribution in [2.45, 2.75) is 57.6 Å². The van der Waals surface area contributed by atoms with Gasteiger partial charge in [-0.05, 0) is 69.2 Å². The Labute approximate surface area is 231 Å². The van der Waals surface area contributed by atoms with Gasteiger partial charge in [0, 0.05) is 12.6 Å². The molecule has 3 aromatic carbocycles. The highest BCUT2D eigenvalue weighted by Gasteiger charge is 2.32. The van der Waals surface area contributed by atoms with E-state index in [0.29, 0.717) is 11.4 Å². The number of carbonyl (C=O) groups excluding carboxylic acids is 2. The zero-order valence-corrected chi connectivity index (χ0v) is 23.9. The van der Waals surface area contributed by atoms with E-state index in [4.69, 9.17) is 4.74 Å². The molecule has 208 valence electrons. The van der Waals surface area contributed by atoms with Crippen molar-refractivity contribution in [3.63, 3.8) is 0 Å². The molecule has 0 saturated carbocycles. The van der Waals surface area contributed by atoms with Crippen LogP contribution in [0.1, 0.15) is 38.3 Å². The van der Waals surface area contributed by atoms with Crippen LogP contribution in [0.2, 0.25) is 0 Å². The number of aryl methyl sites for hydroxylation is 1. The van der Waals surface area contributed by atoms with Gasteiger partial charge in [-0.3, -0.25) is 13.9 Å². The van der Waals surface area contributed by atoms with Gasteiger partial charge in [0.15, 0.2) is 0 Å². The summed E-state index contributed by atoms with van der Waals surface area (Å²) in [5.41, 5.74) is 2.13. The number of anilines is 1. The van der Waals surface area contributed by atoms with E-state index in [-0.39, 0.29) is 23.4 Å². The zero-order valence-electron chi connectivity index (χ0n) is 23.1. The summed E-state index contributed by atoms with van der Waals surface area (Å²) < 4.78 is 34.0. The molecule has 39 heavy (non-hydrogen) atoms. The maximum absolute atomic E-state index is 13.9. The van der Waals surface area contributed by atoms with Crippen LogP contribution >= 0.6 is 0 Å². The van der Waals surface area contributed by atoms with Crippen molar-refractivity contribution >= 4 is 27.5 Å². The van der Waals surface area contributed by atoms with Crippen molar-refractivity contribution in [1.82, 2.24) is 10.2 Å². The minimum atomic E-state index is -4.13. The van der Waals surface area contributed by atoms with Gasteiger partial charge in [0.05, 0.1) is 17.7 Å². The second kappa shape index (κ2) is 13.3. The Bertz CT molecular complexity index is 1340. The molecule has 3 rings (SSSR count). The molecule has 2 amide bonds. The molecule has 0 radical (unpaired) electrons. The fraction of sp³-hybridized carbons (Fsp3) is 0.333. The van der Waals surface area contributed by atoms with Crippen LogP contribution in [0.3, 0.4) is 0 Å². The average Bonchev–Trinajstić information content (AvgIpc) is 2.95. The topological polar surface area (TPSA) is 96.0 Å². The van der Waals surface area contributed by atoms with Crippen LogP contribution < -0.4 is 14.4 Å². The van der Waals surface area contributed by atoms with Crippen LogP contribution in [0.4, 0.5) is 5.69 Å². The molecule has 0 spiro atoms. The summed E-state index contributed by atoms with van der Waals surface area (Å²) in [5.74, 6) is -0.279. The second-order valence-electron chi connectivity index (χ2n) is 9.52. The Morgan fingerprint density at radius 3 is 2.10 bits per heavy atom. The molecule has 2 atom stereocenters. The van der Waals surface area contributed by atoms with Gasteiger partial charge in [-0.15, -0.1) is 0 Å². The summed E-state index contributed by atoms with van der Waals surface area (Å²) in [6, 6.07) is 21.4. The fourth-order valence-electron chi connectivity index (χ4n) is 3.94. The Hall–Kier alpha value is -3.85. The lowest BCUT2D eigenvalue weighted by Gasteiger charge is -2.32. The molecular weight excluding hydrogens is 514 g/mol. The lowest BCUT2D eigenvalue weighted by atomic mass is 10.1. The normalized spacial score (nSPS) is 12.7. The Balaban J connectivity index is 2.00. The molecule has 3 aromatic rings. The van der Waals surface area contributed by atoms with Crippen LogP contribution in [0, 0.1) is 6.92 Å². The van der Waals surface area contributed by atoms with Crippen LogP contribution in [0.15, 0.2) is 83.8 Å². The van der Waals surface area contributed by atoms with E-state index < -0.39 is 28.5 Å². The second-order valence-corrected chi connectivity index (χ2v) is 11.4. The summed E-state index contributed by atoms with van der Waals surface area (Å²) in [5, 5.41) is 2.93. The average molecular weight is 552 g/mol. The fourth-order valence-corrected chi connectivity index (χ4v) is 5.36. The molecule has 0 fully saturated rings. The highest BCUT2D eigenvalue weighted by Crippen LogP contribution is 2.26. The molecule has 0 aliphatic carbocycles. The van der Waals surface area contributed by atoms with E-state index in [9.17, 15) is 18.0 Å². The number of nitrogens with one attached hydrogen (secondary N) is 1. The number of carbonyl (C=O) groups is 2. The van der Waals surface area contributed by atoms with Gasteiger partial charge in [0.25, 0.3) is 10.0 Å². The Morgan fingerprint density at radius 1 is 0.923 bits per heavy atom. The van der Waals surface area contributed by atoms with Gasteiger partial charge in [-0.2, -0.15) is 0 Å². The first-order valence-corrected chi connectivity index (χ1v) is 14.4. The lowest BCUT2D eigenvalue weighted by Crippen LogP contribution is -2.52. The molecule has 0 heterocycles. The standard InChI is InChI=1S/C30H37N3O5S/c1-6-23(3)31-30(35)24(4)32(20-25-10-8-7-9-11-25)29(34)21-33(26-14-12-22(2)13-15-26)39(36,37)28-18-16-27(38-5)17-19-28/h7-19,23-24H,6,20-21H2,1-5H3,(H,31,35)/t23-,24+/m1/s1. The summed E-state index contributed by atoms with van der Waals surface area (Å²) in [6.07, 6.45) is 0.742. The summed E-state index contributed by atoms with van der Waals surface area (Å²) in [4.78, 5) is 28.4. The number of ether oxygens (including phenoxy) is 1. The Morgan fingerprint density at radius 2 is 1.54 bits per heavy atom. The van der Waals surface area contributed by atoms with Gasteiger partial charge in [0.1, 0.15) is 18.3 Å². The van der Waals surface area contributed by atoms with Crippen molar-refractivity contribution in [3.8, 4) is 5.75 Å². The van der Waals surface area contributed by atoms with Gasteiger partial charge < -0.3 is 15.0 Å². The van der Waals surface area contributed by atoms with E-state index in [1.54, 1.807) is 43.3 Å². The number of amides is 2. The van der Waals surface area contributed by atoms with Crippen LogP contribution in [0.25, 0.3) is 0 Å². The molecule has 0 unspecified atom stereocenters. The molecule has 1 N–H and O–H groups in total. The van der Waals surface area contributed by atoms with Gasteiger partial charge in [0.2, 0.25) is 11.8 Å². The SMILES string of the molecule is CC[C@@H](C)NC(=O)[C@H](C)N(Cc1ccccc1)C(=O)CN(c1ccc(C)cc1)S(=O)(=O)c1ccc(OC)cc1. The molecule has 0 aliphatic heterocycles. The van der Waals surface area contributed by atoms with Gasteiger partial charge >= 0.3 is 0 Å². The maximum atomic E-state index is 13.9. The number of rotatable bonds is 12. The molecule has 0 aromatic heterocycles. The molecule has 8 nitrogen and oxygen atoms in total. The van der Waals surface area contributed by atoms with Gasteiger partial charge in [-0.1, -0.05) is 55.0 Å². The minimum Gasteiger partial charge on any atom is -0.497 e. The van der Waals surface area contributed by atoms with Gasteiger partial charge in [-0.25, -0.2) is 8.42 Å². The number of hydrogen-bond acceptors (Lipinski definition) is 5. The first kappa shape index (κ1) is 29.7. The number of nitrogens with zero attached hydrogens (tertiary/aromatic N) is 2. The highest BCUT2D eigenvalue weighted by molar-refractivity contribution is 7.92. The van der Waals surface area contributed by atoms with E-state index in [1.165, 1.54) is 24.1 Å². The number of sulfonamides is 1. The highest BCUT2D eigenvalue weighted by atomic mass is 32.2. The molecule has 9 heteroatoms. The van der Waals surface area contributed by atoms with Crippen molar-refractivity contribution < 1.29 is 22.7 Å². The van der Waals surface area contributed by atoms with Crippen molar-refractivity contribution in [2.75, 3.05) is 18.0 Å². The molecule has 0 saturated heterocycles. The van der Waals surface area contributed by atoms with E-state index in [1.807, 2.05) is 51.1 Å². The first-order chi connectivity index (χ1) is 18.6. The largest absolute Gasteiger partial charge is 0.497 e. The van der Waals surface area contributed by atoms with Crippen molar-refractivity contribution in [1.29, 1.82) is 0 Å². The number of methoxy groups -OCH3 is 1. The van der Waals surface area contributed by atoms with Crippen molar-refractivity contribution in [3.05, 3.63) is 90.0 Å². The predicted molar refractivity (Wildman–Crippen MR) is 153 cm³/mol. The quantitative estimate of drug-likeness (QED) is 0.357. The zero-order chi connectivity index (χ0) is 28.6. The van der Waals surface area contributed by atoms with Crippen LogP contribution in [0.5, 0.6) is 5.75 Å². The number of benzene rings is 3. The van der Waals surface area contributed by atoms with E-state index in [2.05, 4.69) is 5.32 Å². The van der Waals surface area contributed by atoms with E-state index in [0.717, 1.165) is 21.9 Å². The van der Waals surface area contributed by atoms with Crippen molar-refractivity contribution in [2.24, 2.45) is 0 Å². The van der Waals surface area contributed by atoms with E-state index >= 15 is 0 Å². The molecule has 0 bridgehead atoms. The number of hydrogen-bond donors (Lipinski definition) is 1. The molecule has 0 aliphatic rings. The monoisotopic (exact) mass is 551 g/mol. The summed E-state index contributed by atoms with van der Waals surface area (Å²) >= 11 is 0. The third-order valence-corrected chi connectivity index (χ3v) is 8.40. The maximum Gasteiger partial charge on any atom is 0.264 e. The third-order valence-electron chi connectivity index (χ3n) is 6.61. The predicted octanol–water partition coefficient (Wildman–Crippen LogP) is 4.53. The minimum absolute atomic E-state index is 0.0221. The van der Waals surface area contributed by atoms with Crippen LogP contribution in [-0.2, 0) is 26.2 Å². The lowest BCUT2D eigenvalue weighted by molar-refractivity contribution is -0.139. The Kier molecular flexibility index (Phi) is 10.1. The smallest absolute Gasteiger partial charge is 0.264 e. The third kappa shape index (κ3) is 7.60. The summed E-state index contributed by atoms with van der Waals surface area (Å²) in [6.45, 7) is 7.09. The molecular formula is C30H37N3O5S. The van der Waals surface area contributed by atoms with Crippen LogP contribution in [-0.4, -0.2) is 50.9 Å².